The summed E-state index contributed by atoms with van der Waals surface area (Å²) in [5.74, 6) is 1.06. The van der Waals surface area contributed by atoms with Gasteiger partial charge in [-0.2, -0.15) is 0 Å². The molecule has 0 atom stereocenters. The topological polar surface area (TPSA) is 96.2 Å². The molecule has 0 aliphatic heterocycles. The second-order valence-electron chi connectivity index (χ2n) is 3.38. The summed E-state index contributed by atoms with van der Waals surface area (Å²) in [6.07, 6.45) is 1.38. The number of anilines is 2. The van der Waals surface area contributed by atoms with E-state index in [4.69, 9.17) is 5.73 Å². The number of nitrogens with two attached hydrogens (primary N) is 1. The fraction of sp³-hybridized carbons (Fsp3) is 0.444. The highest BCUT2D eigenvalue weighted by molar-refractivity contribution is 5.73. The van der Waals surface area contributed by atoms with Crippen molar-refractivity contribution in [2.24, 2.45) is 0 Å². The Morgan fingerprint density at radius 3 is 2.81 bits per heavy atom. The van der Waals surface area contributed by atoms with Crippen molar-refractivity contribution in [3.63, 3.8) is 0 Å². The molecular weight excluding hydrogens is 208 g/mol. The third-order valence-electron chi connectivity index (χ3n) is 1.80. The van der Waals surface area contributed by atoms with Crippen LogP contribution in [0.25, 0.3) is 0 Å². The number of hydrogen-bond donors (Lipinski definition) is 3. The monoisotopic (exact) mass is 224 g/mol. The number of carbonyl (C=O) groups is 1. The van der Waals surface area contributed by atoms with Gasteiger partial charge in [-0.05, 0) is 0 Å². The maximum Gasteiger partial charge on any atom is 0.316 e. The molecule has 0 bridgehead atoms. The lowest BCUT2D eigenvalue weighted by molar-refractivity contribution is 0.218. The van der Waals surface area contributed by atoms with E-state index in [2.05, 4.69) is 20.6 Å². The molecule has 88 valence electrons. The Balaban J connectivity index is 2.23. The van der Waals surface area contributed by atoms with Gasteiger partial charge in [0.15, 0.2) is 0 Å². The van der Waals surface area contributed by atoms with Gasteiger partial charge in [-0.1, -0.05) is 0 Å². The number of nitrogen functional groups attached to an aromatic ring is 1. The van der Waals surface area contributed by atoms with Crippen LogP contribution in [0.3, 0.4) is 0 Å². The van der Waals surface area contributed by atoms with E-state index in [-0.39, 0.29) is 6.03 Å². The van der Waals surface area contributed by atoms with Crippen LogP contribution in [0.4, 0.5) is 16.4 Å². The highest BCUT2D eigenvalue weighted by Gasteiger charge is 2.00. The predicted molar refractivity (Wildman–Crippen MR) is 62.0 cm³/mol. The first-order valence-electron chi connectivity index (χ1n) is 4.86. The van der Waals surface area contributed by atoms with Gasteiger partial charge in [-0.15, -0.1) is 0 Å². The summed E-state index contributed by atoms with van der Waals surface area (Å²) in [5, 5.41) is 5.73. The van der Waals surface area contributed by atoms with Crippen LogP contribution in [0.15, 0.2) is 12.4 Å². The summed E-state index contributed by atoms with van der Waals surface area (Å²) >= 11 is 0. The average molecular weight is 224 g/mol. The molecule has 0 unspecified atom stereocenters. The van der Waals surface area contributed by atoms with Gasteiger partial charge in [0.2, 0.25) is 0 Å². The highest BCUT2D eigenvalue weighted by atomic mass is 16.2. The van der Waals surface area contributed by atoms with Crippen molar-refractivity contribution in [2.75, 3.05) is 38.2 Å². The largest absolute Gasteiger partial charge is 0.384 e. The van der Waals surface area contributed by atoms with Gasteiger partial charge in [-0.25, -0.2) is 14.8 Å². The third kappa shape index (κ3) is 3.99. The number of nitrogens with zero attached hydrogens (tertiary/aromatic N) is 3. The molecule has 1 heterocycles. The zero-order valence-electron chi connectivity index (χ0n) is 9.40. The van der Waals surface area contributed by atoms with Crippen LogP contribution in [0.2, 0.25) is 0 Å². The first-order chi connectivity index (χ1) is 7.59. The minimum Gasteiger partial charge on any atom is -0.384 e. The van der Waals surface area contributed by atoms with Crippen LogP contribution < -0.4 is 16.4 Å². The lowest BCUT2D eigenvalue weighted by atomic mass is 10.5. The normalized spacial score (nSPS) is 9.62. The average Bonchev–Trinajstić information content (AvgIpc) is 2.24. The molecule has 0 fully saturated rings. The number of carbonyl (C=O) groups excluding carboxylic acids is 1. The van der Waals surface area contributed by atoms with E-state index in [1.54, 1.807) is 20.2 Å². The Morgan fingerprint density at radius 2 is 2.19 bits per heavy atom. The maximum absolute atomic E-state index is 11.1. The smallest absolute Gasteiger partial charge is 0.316 e. The molecule has 7 heteroatoms. The van der Waals surface area contributed by atoms with Crippen LogP contribution in [-0.4, -0.2) is 48.1 Å². The van der Waals surface area contributed by atoms with Crippen LogP contribution >= 0.6 is 0 Å². The van der Waals surface area contributed by atoms with E-state index in [1.807, 2.05) is 0 Å². The van der Waals surface area contributed by atoms with Crippen molar-refractivity contribution in [3.05, 3.63) is 12.4 Å². The zero-order chi connectivity index (χ0) is 12.0. The van der Waals surface area contributed by atoms with Gasteiger partial charge in [0, 0.05) is 33.3 Å². The summed E-state index contributed by atoms with van der Waals surface area (Å²) in [7, 11) is 3.38. The van der Waals surface area contributed by atoms with E-state index in [1.165, 1.54) is 11.2 Å². The minimum atomic E-state index is -0.121. The Kier molecular flexibility index (Phi) is 4.31. The predicted octanol–water partition coefficient (Wildman–Crippen LogP) is -0.258. The fourth-order valence-corrected chi connectivity index (χ4v) is 0.987. The van der Waals surface area contributed by atoms with Crippen LogP contribution in [0.1, 0.15) is 0 Å². The van der Waals surface area contributed by atoms with Crippen molar-refractivity contribution in [1.29, 1.82) is 0 Å². The van der Waals surface area contributed by atoms with Crippen molar-refractivity contribution in [3.8, 4) is 0 Å². The van der Waals surface area contributed by atoms with Crippen molar-refractivity contribution in [2.45, 2.75) is 0 Å². The van der Waals surface area contributed by atoms with E-state index >= 15 is 0 Å². The molecule has 7 nitrogen and oxygen atoms in total. The molecule has 1 rings (SSSR count). The standard InChI is InChI=1S/C9H16N6O/c1-15(2)9(16)12-4-3-11-8-5-7(10)13-6-14-8/h5-6H,3-4H2,1-2H3,(H,12,16)(H3,10,11,13,14). The summed E-state index contributed by atoms with van der Waals surface area (Å²) in [5.41, 5.74) is 5.48. The van der Waals surface area contributed by atoms with Gasteiger partial charge in [0.1, 0.15) is 18.0 Å². The number of amides is 2. The first-order valence-corrected chi connectivity index (χ1v) is 4.86. The van der Waals surface area contributed by atoms with E-state index in [0.717, 1.165) is 0 Å². The Labute approximate surface area is 94.1 Å². The molecule has 0 saturated heterocycles. The van der Waals surface area contributed by atoms with Gasteiger partial charge in [0.25, 0.3) is 0 Å². The lowest BCUT2D eigenvalue weighted by Crippen LogP contribution is -2.37. The zero-order valence-corrected chi connectivity index (χ0v) is 9.40. The van der Waals surface area contributed by atoms with Crippen LogP contribution in [-0.2, 0) is 0 Å². The molecule has 0 saturated carbocycles. The van der Waals surface area contributed by atoms with Crippen molar-refractivity contribution in [1.82, 2.24) is 20.2 Å². The van der Waals surface area contributed by atoms with Crippen molar-refractivity contribution < 1.29 is 4.79 Å². The number of hydrogen-bond acceptors (Lipinski definition) is 5. The molecule has 0 aromatic carbocycles. The Morgan fingerprint density at radius 1 is 1.44 bits per heavy atom. The molecule has 16 heavy (non-hydrogen) atoms. The Hall–Kier alpha value is -2.05. The van der Waals surface area contributed by atoms with Crippen LogP contribution in [0.5, 0.6) is 0 Å². The van der Waals surface area contributed by atoms with E-state index < -0.39 is 0 Å². The Bertz CT molecular complexity index is 354. The number of rotatable bonds is 4. The van der Waals surface area contributed by atoms with Gasteiger partial charge in [0.05, 0.1) is 0 Å². The number of urea groups is 1. The van der Waals surface area contributed by atoms with E-state index in [0.29, 0.717) is 24.7 Å². The summed E-state index contributed by atoms with van der Waals surface area (Å²) < 4.78 is 0. The maximum atomic E-state index is 11.1. The summed E-state index contributed by atoms with van der Waals surface area (Å²) in [4.78, 5) is 20.4. The van der Waals surface area contributed by atoms with Gasteiger partial charge >= 0.3 is 6.03 Å². The third-order valence-corrected chi connectivity index (χ3v) is 1.80. The molecule has 0 radical (unpaired) electrons. The second-order valence-corrected chi connectivity index (χ2v) is 3.38. The quantitative estimate of drug-likeness (QED) is 0.612. The molecule has 0 spiro atoms. The molecule has 0 aliphatic carbocycles. The second kappa shape index (κ2) is 5.74. The molecule has 1 aromatic heterocycles. The summed E-state index contributed by atoms with van der Waals surface area (Å²) in [6, 6.07) is 1.51. The lowest BCUT2D eigenvalue weighted by Gasteiger charge is -2.12. The molecule has 4 N–H and O–H groups in total. The first kappa shape index (κ1) is 12.0. The molecule has 1 aromatic rings. The molecular formula is C9H16N6O. The van der Waals surface area contributed by atoms with E-state index in [9.17, 15) is 4.79 Å². The van der Waals surface area contributed by atoms with Crippen LogP contribution in [0, 0.1) is 0 Å². The highest BCUT2D eigenvalue weighted by Crippen LogP contribution is 2.03. The van der Waals surface area contributed by atoms with Gasteiger partial charge in [-0.3, -0.25) is 0 Å². The van der Waals surface area contributed by atoms with Crippen molar-refractivity contribution >= 4 is 17.7 Å². The summed E-state index contributed by atoms with van der Waals surface area (Å²) in [6.45, 7) is 1.09. The van der Waals surface area contributed by atoms with Gasteiger partial charge < -0.3 is 21.3 Å². The fourth-order valence-electron chi connectivity index (χ4n) is 0.987. The molecule has 2 amide bonds. The molecule has 0 aliphatic rings. The number of nitrogens with one attached hydrogen (secondary N) is 2. The SMILES string of the molecule is CN(C)C(=O)NCCNc1cc(N)ncn1. The number of aromatic nitrogens is 2. The minimum absolute atomic E-state index is 0.121.